The maximum absolute atomic E-state index is 11.3. The summed E-state index contributed by atoms with van der Waals surface area (Å²) in [6.07, 6.45) is 1.73. The van der Waals surface area contributed by atoms with E-state index in [1.54, 1.807) is 0 Å². The highest BCUT2D eigenvalue weighted by molar-refractivity contribution is 8.04. The molecule has 2 heterocycles. The van der Waals surface area contributed by atoms with E-state index in [0.29, 0.717) is 31.0 Å². The Morgan fingerprint density at radius 3 is 2.83 bits per heavy atom. The van der Waals surface area contributed by atoms with Gasteiger partial charge in [-0.1, -0.05) is 6.92 Å². The van der Waals surface area contributed by atoms with Gasteiger partial charge in [0.1, 0.15) is 5.70 Å². The first-order chi connectivity index (χ1) is 8.65. The van der Waals surface area contributed by atoms with Crippen LogP contribution in [-0.2, 0) is 19.4 Å². The van der Waals surface area contributed by atoms with Gasteiger partial charge in [-0.15, -0.1) is 11.8 Å². The van der Waals surface area contributed by atoms with Gasteiger partial charge >= 0.3 is 5.97 Å². The predicted octanol–water partition coefficient (Wildman–Crippen LogP) is 1.34. The summed E-state index contributed by atoms with van der Waals surface area (Å²) in [5, 5.41) is 9.09. The zero-order chi connectivity index (χ0) is 13.1. The minimum Gasteiger partial charge on any atom is -0.477 e. The molecular formula is C11H15NO5S. The van der Waals surface area contributed by atoms with Gasteiger partial charge in [0, 0.05) is 11.3 Å². The molecule has 0 bridgehead atoms. The summed E-state index contributed by atoms with van der Waals surface area (Å²) >= 11 is 1.43. The number of β-lactam (4-membered cyclic amide) rings is 1. The monoisotopic (exact) mass is 273 g/mol. The van der Waals surface area contributed by atoms with Crippen molar-refractivity contribution in [1.82, 2.24) is 4.90 Å². The van der Waals surface area contributed by atoms with Crippen molar-refractivity contribution in [3.8, 4) is 0 Å². The van der Waals surface area contributed by atoms with Crippen molar-refractivity contribution in [2.24, 2.45) is 0 Å². The second kappa shape index (κ2) is 5.73. The zero-order valence-electron chi connectivity index (χ0n) is 10.0. The first kappa shape index (κ1) is 13.4. The van der Waals surface area contributed by atoms with E-state index in [1.807, 2.05) is 6.92 Å². The Balaban J connectivity index is 1.90. The Morgan fingerprint density at radius 1 is 1.50 bits per heavy atom. The number of rotatable bonds is 7. The van der Waals surface area contributed by atoms with Gasteiger partial charge in [-0.05, 0) is 6.42 Å². The topological polar surface area (TPSA) is 76.1 Å². The van der Waals surface area contributed by atoms with Crippen molar-refractivity contribution in [3.63, 3.8) is 0 Å². The summed E-state index contributed by atoms with van der Waals surface area (Å²) < 4.78 is 0. The van der Waals surface area contributed by atoms with Gasteiger partial charge in [0.2, 0.25) is 5.91 Å². The fourth-order valence-electron chi connectivity index (χ4n) is 1.84. The third-order valence-corrected chi connectivity index (χ3v) is 4.01. The van der Waals surface area contributed by atoms with Crippen molar-refractivity contribution in [1.29, 1.82) is 0 Å². The molecular weight excluding hydrogens is 258 g/mol. The largest absolute Gasteiger partial charge is 0.477 e. The number of hydrogen-bond donors (Lipinski definition) is 1. The molecule has 1 fully saturated rings. The Morgan fingerprint density at radius 2 is 2.22 bits per heavy atom. The zero-order valence-corrected chi connectivity index (χ0v) is 10.9. The molecule has 2 aliphatic heterocycles. The number of aliphatic carboxylic acids is 1. The molecule has 0 spiro atoms. The molecule has 0 aromatic heterocycles. The number of carbonyl (C=O) groups is 2. The van der Waals surface area contributed by atoms with Gasteiger partial charge < -0.3 is 5.11 Å². The van der Waals surface area contributed by atoms with Crippen molar-refractivity contribution in [2.45, 2.75) is 31.6 Å². The standard InChI is InChI=1S/C11H15NO5S/c1-2-4-16-17-5-3-7-10(11(14)15)12-8(13)6-9(12)18-7/h9H,2-6H2,1H3,(H,14,15). The molecule has 0 radical (unpaired) electrons. The number of amides is 1. The third-order valence-electron chi connectivity index (χ3n) is 2.68. The van der Waals surface area contributed by atoms with Crippen molar-refractivity contribution in [2.75, 3.05) is 13.2 Å². The Kier molecular flexibility index (Phi) is 4.26. The average Bonchev–Trinajstić information content (AvgIpc) is 2.62. The van der Waals surface area contributed by atoms with Gasteiger partial charge in [-0.25, -0.2) is 14.6 Å². The molecule has 2 rings (SSSR count). The van der Waals surface area contributed by atoms with Gasteiger partial charge in [0.15, 0.2) is 0 Å². The summed E-state index contributed by atoms with van der Waals surface area (Å²) in [6.45, 7) is 2.79. The van der Waals surface area contributed by atoms with Crippen LogP contribution in [0.4, 0.5) is 0 Å². The molecule has 1 atom stereocenters. The maximum atomic E-state index is 11.3. The van der Waals surface area contributed by atoms with Crippen LogP contribution in [0, 0.1) is 0 Å². The number of hydrogen-bond acceptors (Lipinski definition) is 5. The number of carboxylic acids is 1. The van der Waals surface area contributed by atoms with Crippen LogP contribution in [0.5, 0.6) is 0 Å². The number of carboxylic acid groups (broad SMARTS) is 1. The molecule has 18 heavy (non-hydrogen) atoms. The third kappa shape index (κ3) is 2.52. The summed E-state index contributed by atoms with van der Waals surface area (Å²) in [5.41, 5.74) is 0.111. The molecule has 0 aliphatic carbocycles. The highest BCUT2D eigenvalue weighted by Gasteiger charge is 2.48. The van der Waals surface area contributed by atoms with Gasteiger partial charge in [-0.3, -0.25) is 9.69 Å². The molecule has 100 valence electrons. The average molecular weight is 273 g/mol. The van der Waals surface area contributed by atoms with E-state index in [2.05, 4.69) is 0 Å². The lowest BCUT2D eigenvalue weighted by Gasteiger charge is -2.33. The summed E-state index contributed by atoms with van der Waals surface area (Å²) in [5.74, 6) is -1.18. The molecule has 6 nitrogen and oxygen atoms in total. The minimum atomic E-state index is -1.05. The Labute approximate surface area is 109 Å². The molecule has 1 unspecified atom stereocenters. The number of fused-ring (bicyclic) bond motifs is 1. The van der Waals surface area contributed by atoms with Crippen LogP contribution in [0.3, 0.4) is 0 Å². The van der Waals surface area contributed by atoms with E-state index in [-0.39, 0.29) is 17.0 Å². The first-order valence-electron chi connectivity index (χ1n) is 5.84. The lowest BCUT2D eigenvalue weighted by molar-refractivity contribution is -0.293. The van der Waals surface area contributed by atoms with Crippen LogP contribution in [0.15, 0.2) is 10.6 Å². The molecule has 1 N–H and O–H groups in total. The molecule has 1 saturated heterocycles. The fourth-order valence-corrected chi connectivity index (χ4v) is 3.22. The summed E-state index contributed by atoms with van der Waals surface area (Å²) in [7, 11) is 0. The lowest BCUT2D eigenvalue weighted by Crippen LogP contribution is -2.48. The number of thioether (sulfide) groups is 1. The Hall–Kier alpha value is -1.05. The molecule has 2 aliphatic rings. The summed E-state index contributed by atoms with van der Waals surface area (Å²) in [4.78, 5) is 34.3. The molecule has 1 amide bonds. The van der Waals surface area contributed by atoms with E-state index < -0.39 is 5.97 Å². The fraction of sp³-hybridized carbons (Fsp3) is 0.636. The highest BCUT2D eigenvalue weighted by Crippen LogP contribution is 2.47. The van der Waals surface area contributed by atoms with Gasteiger partial charge in [0.25, 0.3) is 0 Å². The van der Waals surface area contributed by atoms with E-state index in [4.69, 9.17) is 14.9 Å². The predicted molar refractivity (Wildman–Crippen MR) is 64.3 cm³/mol. The molecule has 0 saturated carbocycles. The number of nitrogens with zero attached hydrogens (tertiary/aromatic N) is 1. The van der Waals surface area contributed by atoms with Crippen LogP contribution < -0.4 is 0 Å². The second-order valence-corrected chi connectivity index (χ2v) is 5.28. The molecule has 0 aromatic carbocycles. The lowest BCUT2D eigenvalue weighted by atomic mass is 10.1. The van der Waals surface area contributed by atoms with Crippen LogP contribution >= 0.6 is 11.8 Å². The van der Waals surface area contributed by atoms with Crippen LogP contribution in [0.25, 0.3) is 0 Å². The molecule has 0 aromatic rings. The number of carbonyl (C=O) groups excluding carboxylic acids is 1. The van der Waals surface area contributed by atoms with Crippen molar-refractivity contribution >= 4 is 23.6 Å². The van der Waals surface area contributed by atoms with Gasteiger partial charge in [0.05, 0.1) is 25.0 Å². The SMILES string of the molecule is CCCOOCCC1=C(C(=O)O)N2C(=O)CC2S1. The van der Waals surface area contributed by atoms with Crippen LogP contribution in [-0.4, -0.2) is 40.5 Å². The van der Waals surface area contributed by atoms with E-state index in [9.17, 15) is 9.59 Å². The maximum Gasteiger partial charge on any atom is 0.353 e. The molecule has 7 heteroatoms. The van der Waals surface area contributed by atoms with E-state index in [0.717, 1.165) is 6.42 Å². The van der Waals surface area contributed by atoms with E-state index in [1.165, 1.54) is 16.7 Å². The van der Waals surface area contributed by atoms with E-state index >= 15 is 0 Å². The normalized spacial score (nSPS) is 22.2. The van der Waals surface area contributed by atoms with Crippen LogP contribution in [0.1, 0.15) is 26.2 Å². The van der Waals surface area contributed by atoms with Crippen LogP contribution in [0.2, 0.25) is 0 Å². The van der Waals surface area contributed by atoms with Crippen molar-refractivity contribution < 1.29 is 24.5 Å². The minimum absolute atomic E-state index is 0.0323. The highest BCUT2D eigenvalue weighted by atomic mass is 32.2. The second-order valence-electron chi connectivity index (χ2n) is 4.01. The summed E-state index contributed by atoms with van der Waals surface area (Å²) in [6, 6.07) is 0. The smallest absolute Gasteiger partial charge is 0.353 e. The van der Waals surface area contributed by atoms with Gasteiger partial charge in [-0.2, -0.15) is 0 Å². The van der Waals surface area contributed by atoms with Crippen molar-refractivity contribution in [3.05, 3.63) is 10.6 Å². The quantitative estimate of drug-likeness (QED) is 0.326. The first-order valence-corrected chi connectivity index (χ1v) is 6.72. The Bertz CT molecular complexity index is 395.